The fourth-order valence-electron chi connectivity index (χ4n) is 1.29. The molecule has 0 spiro atoms. The second-order valence-corrected chi connectivity index (χ2v) is 5.48. The number of benzene rings is 1. The molecule has 0 heterocycles. The van der Waals surface area contributed by atoms with Crippen molar-refractivity contribution in [3.8, 4) is 0 Å². The molecule has 19 heavy (non-hydrogen) atoms. The van der Waals surface area contributed by atoms with E-state index in [4.69, 9.17) is 0 Å². The molecule has 1 aromatic rings. The van der Waals surface area contributed by atoms with Gasteiger partial charge in [-0.25, -0.2) is 0 Å². The number of hydrogen-bond acceptors (Lipinski definition) is 3. The van der Waals surface area contributed by atoms with Crippen molar-refractivity contribution in [1.82, 2.24) is 5.32 Å². The predicted octanol–water partition coefficient (Wildman–Crippen LogP) is 2.90. The molecule has 0 aliphatic heterocycles. The largest absolute Gasteiger partial charge is 0.349 e. The highest BCUT2D eigenvalue weighted by Crippen LogP contribution is 2.20. The molecule has 0 saturated heterocycles. The van der Waals surface area contributed by atoms with Crippen LogP contribution in [-0.2, 0) is 0 Å². The molecule has 6 heteroatoms. The Morgan fingerprint density at radius 3 is 2.42 bits per heavy atom. The third-order valence-electron chi connectivity index (χ3n) is 3.05. The summed E-state index contributed by atoms with van der Waals surface area (Å²) in [5.74, 6) is -1.46. The van der Waals surface area contributed by atoms with Gasteiger partial charge in [-0.2, -0.15) is 4.39 Å². The minimum absolute atomic E-state index is 0.0687. The van der Waals surface area contributed by atoms with Gasteiger partial charge in [0, 0.05) is 17.7 Å². The summed E-state index contributed by atoms with van der Waals surface area (Å²) in [5, 5.41) is 13.2. The predicted molar refractivity (Wildman–Crippen MR) is 69.4 cm³/mol. The second kappa shape index (κ2) is 5.34. The number of nitro groups is 1. The Kier molecular flexibility index (Phi) is 4.24. The van der Waals surface area contributed by atoms with Gasteiger partial charge in [0.2, 0.25) is 5.82 Å². The molecule has 0 radical (unpaired) electrons. The third-order valence-corrected chi connectivity index (χ3v) is 3.05. The molecule has 1 aromatic carbocycles. The van der Waals surface area contributed by atoms with Crippen LogP contribution in [0.5, 0.6) is 0 Å². The maximum absolute atomic E-state index is 13.4. The van der Waals surface area contributed by atoms with Crippen molar-refractivity contribution in [2.75, 3.05) is 0 Å². The van der Waals surface area contributed by atoms with E-state index >= 15 is 0 Å². The van der Waals surface area contributed by atoms with Crippen LogP contribution in [0.2, 0.25) is 0 Å². The average molecular weight is 268 g/mol. The molecule has 1 N–H and O–H groups in total. The lowest BCUT2D eigenvalue weighted by molar-refractivity contribution is -0.387. The molecule has 1 amide bonds. The molecule has 104 valence electrons. The van der Waals surface area contributed by atoms with Gasteiger partial charge in [0.1, 0.15) is 0 Å². The van der Waals surface area contributed by atoms with Crippen LogP contribution in [0.1, 0.15) is 38.1 Å². The number of amides is 1. The second-order valence-electron chi connectivity index (χ2n) is 5.48. The van der Waals surface area contributed by atoms with Gasteiger partial charge in [-0.3, -0.25) is 14.9 Å². The quantitative estimate of drug-likeness (QED) is 0.676. The lowest BCUT2D eigenvalue weighted by atomic mass is 9.88. The standard InChI is InChI=1S/C13H17FN2O3/c1-8(13(2,3)4)15-12(17)9-5-6-11(16(18)19)10(14)7-9/h5-8H,1-4H3,(H,15,17). The SMILES string of the molecule is CC(NC(=O)c1ccc([N+](=O)[O-])c(F)c1)C(C)(C)C. The van der Waals surface area contributed by atoms with Gasteiger partial charge >= 0.3 is 5.69 Å². The van der Waals surface area contributed by atoms with E-state index in [0.29, 0.717) is 0 Å². The maximum Gasteiger partial charge on any atom is 0.304 e. The van der Waals surface area contributed by atoms with Crippen LogP contribution in [0.3, 0.4) is 0 Å². The van der Waals surface area contributed by atoms with Crippen LogP contribution in [0.4, 0.5) is 10.1 Å². The average Bonchev–Trinajstić information content (AvgIpc) is 2.26. The Balaban J connectivity index is 2.90. The Bertz CT molecular complexity index is 509. The Labute approximate surface area is 111 Å². The first-order valence-electron chi connectivity index (χ1n) is 5.87. The first-order chi connectivity index (χ1) is 8.62. The number of nitro benzene ring substituents is 1. The fourth-order valence-corrected chi connectivity index (χ4v) is 1.29. The van der Waals surface area contributed by atoms with Gasteiger partial charge in [-0.15, -0.1) is 0 Å². The van der Waals surface area contributed by atoms with E-state index < -0.39 is 22.3 Å². The van der Waals surface area contributed by atoms with E-state index in [0.717, 1.165) is 12.1 Å². The minimum atomic E-state index is -1.01. The van der Waals surface area contributed by atoms with Gasteiger partial charge in [-0.05, 0) is 24.5 Å². The normalized spacial score (nSPS) is 12.9. The van der Waals surface area contributed by atoms with Gasteiger partial charge in [-0.1, -0.05) is 20.8 Å². The van der Waals surface area contributed by atoms with Crippen molar-refractivity contribution in [2.45, 2.75) is 33.7 Å². The number of halogens is 1. The maximum atomic E-state index is 13.4. The zero-order valence-corrected chi connectivity index (χ0v) is 11.4. The van der Waals surface area contributed by atoms with Crippen LogP contribution in [0.25, 0.3) is 0 Å². The van der Waals surface area contributed by atoms with E-state index in [9.17, 15) is 19.3 Å². The molecule has 0 aromatic heterocycles. The van der Waals surface area contributed by atoms with Gasteiger partial charge in [0.25, 0.3) is 5.91 Å². The zero-order chi connectivity index (χ0) is 14.8. The minimum Gasteiger partial charge on any atom is -0.349 e. The zero-order valence-electron chi connectivity index (χ0n) is 11.4. The van der Waals surface area contributed by atoms with Gasteiger partial charge in [0.05, 0.1) is 4.92 Å². The van der Waals surface area contributed by atoms with Crippen LogP contribution in [-0.4, -0.2) is 16.9 Å². The smallest absolute Gasteiger partial charge is 0.304 e. The highest BCUT2D eigenvalue weighted by atomic mass is 19.1. The summed E-state index contributed by atoms with van der Waals surface area (Å²) in [6.07, 6.45) is 0. The monoisotopic (exact) mass is 268 g/mol. The molecule has 5 nitrogen and oxygen atoms in total. The lowest BCUT2D eigenvalue weighted by Gasteiger charge is -2.28. The topological polar surface area (TPSA) is 72.2 Å². The molecular weight excluding hydrogens is 251 g/mol. The van der Waals surface area contributed by atoms with Crippen molar-refractivity contribution in [3.63, 3.8) is 0 Å². The van der Waals surface area contributed by atoms with Crippen molar-refractivity contribution in [3.05, 3.63) is 39.7 Å². The summed E-state index contributed by atoms with van der Waals surface area (Å²) in [7, 11) is 0. The van der Waals surface area contributed by atoms with Crippen LogP contribution in [0.15, 0.2) is 18.2 Å². The van der Waals surface area contributed by atoms with Crippen LogP contribution < -0.4 is 5.32 Å². The number of hydrogen-bond donors (Lipinski definition) is 1. The summed E-state index contributed by atoms with van der Waals surface area (Å²) in [6.45, 7) is 7.75. The Morgan fingerprint density at radius 1 is 1.42 bits per heavy atom. The van der Waals surface area contributed by atoms with Gasteiger partial charge < -0.3 is 5.32 Å². The van der Waals surface area contributed by atoms with Crippen molar-refractivity contribution in [2.24, 2.45) is 5.41 Å². The number of carbonyl (C=O) groups is 1. The summed E-state index contributed by atoms with van der Waals surface area (Å²) in [6, 6.07) is 3.00. The summed E-state index contributed by atoms with van der Waals surface area (Å²) < 4.78 is 13.4. The van der Waals surface area contributed by atoms with Crippen molar-refractivity contribution < 1.29 is 14.1 Å². The highest BCUT2D eigenvalue weighted by molar-refractivity contribution is 5.94. The van der Waals surface area contributed by atoms with E-state index in [-0.39, 0.29) is 17.0 Å². The molecule has 0 aliphatic carbocycles. The molecular formula is C13H17FN2O3. The number of carbonyl (C=O) groups excluding carboxylic acids is 1. The van der Waals surface area contributed by atoms with Gasteiger partial charge in [0.15, 0.2) is 0 Å². The molecule has 1 rings (SSSR count). The summed E-state index contributed by atoms with van der Waals surface area (Å²) in [4.78, 5) is 21.5. The van der Waals surface area contributed by atoms with E-state index in [1.54, 1.807) is 0 Å². The van der Waals surface area contributed by atoms with E-state index in [1.807, 2.05) is 27.7 Å². The molecule has 1 unspecified atom stereocenters. The van der Waals surface area contributed by atoms with E-state index in [2.05, 4.69) is 5.32 Å². The van der Waals surface area contributed by atoms with Crippen LogP contribution >= 0.6 is 0 Å². The summed E-state index contributed by atoms with van der Waals surface area (Å²) >= 11 is 0. The number of nitrogens with one attached hydrogen (secondary N) is 1. The molecule has 0 aliphatic rings. The Morgan fingerprint density at radius 2 is 2.00 bits per heavy atom. The molecule has 0 fully saturated rings. The summed E-state index contributed by atoms with van der Waals surface area (Å²) in [5.41, 5.74) is -0.700. The van der Waals surface area contributed by atoms with Crippen molar-refractivity contribution >= 4 is 11.6 Å². The van der Waals surface area contributed by atoms with Crippen LogP contribution in [0, 0.1) is 21.3 Å². The third kappa shape index (κ3) is 3.74. The number of rotatable bonds is 3. The first kappa shape index (κ1) is 15.1. The first-order valence-corrected chi connectivity index (χ1v) is 5.87. The Hall–Kier alpha value is -1.98. The van der Waals surface area contributed by atoms with E-state index in [1.165, 1.54) is 6.07 Å². The fraction of sp³-hybridized carbons (Fsp3) is 0.462. The molecule has 0 saturated carbocycles. The molecule has 0 bridgehead atoms. The number of nitrogens with zero attached hydrogens (tertiary/aromatic N) is 1. The molecule has 1 atom stereocenters. The van der Waals surface area contributed by atoms with Crippen molar-refractivity contribution in [1.29, 1.82) is 0 Å². The highest BCUT2D eigenvalue weighted by Gasteiger charge is 2.23. The lowest BCUT2D eigenvalue weighted by Crippen LogP contribution is -2.41.